The molecule has 1 saturated carbocycles. The van der Waals surface area contributed by atoms with Gasteiger partial charge in [0.1, 0.15) is 0 Å². The molecular weight excluding hydrogens is 222 g/mol. The van der Waals surface area contributed by atoms with Crippen molar-refractivity contribution in [3.63, 3.8) is 0 Å². The lowest BCUT2D eigenvalue weighted by molar-refractivity contribution is -0.132. The van der Waals surface area contributed by atoms with Crippen molar-refractivity contribution in [3.05, 3.63) is 0 Å². The van der Waals surface area contributed by atoms with E-state index in [9.17, 15) is 4.79 Å². The molecular formula is C13H24ClNO. The maximum Gasteiger partial charge on any atom is 0.222 e. The molecule has 0 saturated heterocycles. The Kier molecular flexibility index (Phi) is 6.18. The van der Waals surface area contributed by atoms with Crippen LogP contribution >= 0.6 is 11.6 Å². The van der Waals surface area contributed by atoms with Gasteiger partial charge in [-0.15, -0.1) is 11.6 Å². The third-order valence-corrected chi connectivity index (χ3v) is 4.16. The Hall–Kier alpha value is -0.240. The van der Waals surface area contributed by atoms with Gasteiger partial charge in [0, 0.05) is 25.4 Å². The molecule has 1 fully saturated rings. The highest BCUT2D eigenvalue weighted by atomic mass is 35.5. The van der Waals surface area contributed by atoms with Gasteiger partial charge in [-0.05, 0) is 25.7 Å². The Morgan fingerprint density at radius 1 is 1.31 bits per heavy atom. The van der Waals surface area contributed by atoms with Crippen LogP contribution in [0.25, 0.3) is 0 Å². The first-order valence-corrected chi connectivity index (χ1v) is 7.00. The summed E-state index contributed by atoms with van der Waals surface area (Å²) in [6.45, 7) is 2.00. The predicted octanol–water partition coefficient (Wildman–Crippen LogP) is 3.43. The van der Waals surface area contributed by atoms with E-state index in [1.807, 2.05) is 14.0 Å². The quantitative estimate of drug-likeness (QED) is 0.549. The van der Waals surface area contributed by atoms with Crippen LogP contribution in [-0.2, 0) is 4.79 Å². The Labute approximate surface area is 104 Å². The number of alkyl halides is 1. The largest absolute Gasteiger partial charge is 0.342 e. The van der Waals surface area contributed by atoms with Crippen LogP contribution in [-0.4, -0.2) is 29.8 Å². The van der Waals surface area contributed by atoms with E-state index in [0.717, 1.165) is 6.42 Å². The van der Waals surface area contributed by atoms with E-state index in [4.69, 9.17) is 11.6 Å². The fourth-order valence-electron chi connectivity index (χ4n) is 2.31. The van der Waals surface area contributed by atoms with Gasteiger partial charge in [0.15, 0.2) is 0 Å². The number of rotatable bonds is 4. The van der Waals surface area contributed by atoms with E-state index in [2.05, 4.69) is 0 Å². The highest BCUT2D eigenvalue weighted by molar-refractivity contribution is 6.18. The molecule has 0 radical (unpaired) electrons. The number of carbonyl (C=O) groups excluding carboxylic acids is 1. The van der Waals surface area contributed by atoms with Crippen LogP contribution in [0.1, 0.15) is 51.9 Å². The molecule has 0 aromatic heterocycles. The maximum absolute atomic E-state index is 12.0. The van der Waals surface area contributed by atoms with Gasteiger partial charge in [-0.2, -0.15) is 0 Å². The van der Waals surface area contributed by atoms with E-state index < -0.39 is 0 Å². The Balaban J connectivity index is 2.37. The Morgan fingerprint density at radius 3 is 2.38 bits per heavy atom. The van der Waals surface area contributed by atoms with Crippen molar-refractivity contribution < 1.29 is 4.79 Å². The average molecular weight is 246 g/mol. The summed E-state index contributed by atoms with van der Waals surface area (Å²) in [5.74, 6) is 1.40. The molecule has 0 aromatic carbocycles. The van der Waals surface area contributed by atoms with Gasteiger partial charge in [-0.25, -0.2) is 0 Å². The van der Waals surface area contributed by atoms with Gasteiger partial charge in [-0.1, -0.05) is 25.7 Å². The zero-order chi connectivity index (χ0) is 12.0. The first kappa shape index (κ1) is 13.8. The highest BCUT2D eigenvalue weighted by Gasteiger charge is 2.20. The summed E-state index contributed by atoms with van der Waals surface area (Å²) >= 11 is 5.77. The summed E-state index contributed by atoms with van der Waals surface area (Å²) < 4.78 is 0. The van der Waals surface area contributed by atoms with Crippen molar-refractivity contribution in [2.24, 2.45) is 5.92 Å². The number of carbonyl (C=O) groups is 1. The van der Waals surface area contributed by atoms with Crippen LogP contribution in [0.15, 0.2) is 0 Å². The maximum atomic E-state index is 12.0. The van der Waals surface area contributed by atoms with Crippen molar-refractivity contribution in [3.8, 4) is 0 Å². The monoisotopic (exact) mass is 245 g/mol. The molecule has 1 aliphatic carbocycles. The lowest BCUT2D eigenvalue weighted by Crippen LogP contribution is -2.37. The Morgan fingerprint density at radius 2 is 1.88 bits per heavy atom. The zero-order valence-corrected chi connectivity index (χ0v) is 11.3. The van der Waals surface area contributed by atoms with Crippen molar-refractivity contribution in [1.29, 1.82) is 0 Å². The Bertz CT molecular complexity index is 212. The molecule has 0 aromatic rings. The molecule has 0 N–H and O–H groups in total. The van der Waals surface area contributed by atoms with E-state index in [0.29, 0.717) is 11.8 Å². The van der Waals surface area contributed by atoms with Crippen LogP contribution in [0.5, 0.6) is 0 Å². The fourth-order valence-corrected chi connectivity index (χ4v) is 2.52. The third-order valence-electron chi connectivity index (χ3n) is 3.72. The number of hydrogen-bond donors (Lipinski definition) is 0. The minimum atomic E-state index is 0.153. The second-order valence-corrected chi connectivity index (χ2v) is 5.38. The zero-order valence-electron chi connectivity index (χ0n) is 10.5. The van der Waals surface area contributed by atoms with Crippen LogP contribution in [0.3, 0.4) is 0 Å². The van der Waals surface area contributed by atoms with Crippen molar-refractivity contribution in [2.75, 3.05) is 12.9 Å². The second kappa shape index (κ2) is 7.16. The summed E-state index contributed by atoms with van der Waals surface area (Å²) in [4.78, 5) is 13.8. The first-order chi connectivity index (χ1) is 7.65. The highest BCUT2D eigenvalue weighted by Crippen LogP contribution is 2.26. The van der Waals surface area contributed by atoms with Gasteiger partial charge >= 0.3 is 0 Å². The van der Waals surface area contributed by atoms with E-state index >= 15 is 0 Å². The molecule has 1 amide bonds. The third kappa shape index (κ3) is 4.32. The average Bonchev–Trinajstić information content (AvgIpc) is 2.55. The number of halogens is 1. The van der Waals surface area contributed by atoms with Gasteiger partial charge in [0.2, 0.25) is 5.91 Å². The molecule has 0 spiro atoms. The molecule has 0 aliphatic heterocycles. The second-order valence-electron chi connectivity index (χ2n) is 5.07. The SMILES string of the molecule is CC(CCl)N(C)C(=O)CC1CCCCCC1. The van der Waals surface area contributed by atoms with Crippen molar-refractivity contribution in [1.82, 2.24) is 4.90 Å². The normalized spacial score (nSPS) is 20.2. The minimum absolute atomic E-state index is 0.153. The number of nitrogens with zero attached hydrogens (tertiary/aromatic N) is 1. The first-order valence-electron chi connectivity index (χ1n) is 6.46. The van der Waals surface area contributed by atoms with E-state index in [1.165, 1.54) is 38.5 Å². The van der Waals surface area contributed by atoms with Crippen LogP contribution in [0.2, 0.25) is 0 Å². The number of hydrogen-bond acceptors (Lipinski definition) is 1. The van der Waals surface area contributed by atoms with E-state index in [-0.39, 0.29) is 11.9 Å². The van der Waals surface area contributed by atoms with Crippen LogP contribution in [0, 0.1) is 5.92 Å². The smallest absolute Gasteiger partial charge is 0.222 e. The van der Waals surface area contributed by atoms with Crippen molar-refractivity contribution >= 4 is 17.5 Å². The van der Waals surface area contributed by atoms with Gasteiger partial charge < -0.3 is 4.90 Å². The van der Waals surface area contributed by atoms with Gasteiger partial charge in [-0.3, -0.25) is 4.79 Å². The topological polar surface area (TPSA) is 20.3 Å². The summed E-state index contributed by atoms with van der Waals surface area (Å²) in [7, 11) is 1.87. The fraction of sp³-hybridized carbons (Fsp3) is 0.923. The van der Waals surface area contributed by atoms with Crippen LogP contribution < -0.4 is 0 Å². The standard InChI is InChI=1S/C13H24ClNO/c1-11(10-14)15(2)13(16)9-12-7-5-3-4-6-8-12/h11-12H,3-10H2,1-2H3. The van der Waals surface area contributed by atoms with Crippen molar-refractivity contribution in [2.45, 2.75) is 57.9 Å². The summed E-state index contributed by atoms with van der Waals surface area (Å²) in [5, 5.41) is 0. The van der Waals surface area contributed by atoms with E-state index in [1.54, 1.807) is 4.90 Å². The molecule has 0 heterocycles. The molecule has 1 atom stereocenters. The molecule has 94 valence electrons. The molecule has 0 bridgehead atoms. The van der Waals surface area contributed by atoms with Gasteiger partial charge in [0.25, 0.3) is 0 Å². The van der Waals surface area contributed by atoms with Gasteiger partial charge in [0.05, 0.1) is 0 Å². The molecule has 1 rings (SSSR count). The molecule has 16 heavy (non-hydrogen) atoms. The predicted molar refractivity (Wildman–Crippen MR) is 68.8 cm³/mol. The summed E-state index contributed by atoms with van der Waals surface area (Å²) in [6.07, 6.45) is 8.47. The van der Waals surface area contributed by atoms with Crippen LogP contribution in [0.4, 0.5) is 0 Å². The molecule has 3 heteroatoms. The summed E-state index contributed by atoms with van der Waals surface area (Å²) in [5.41, 5.74) is 0. The molecule has 1 unspecified atom stereocenters. The number of amides is 1. The summed E-state index contributed by atoms with van der Waals surface area (Å²) in [6, 6.07) is 0.153. The lowest BCUT2D eigenvalue weighted by Gasteiger charge is -2.25. The molecule has 1 aliphatic rings. The minimum Gasteiger partial charge on any atom is -0.342 e. The lowest BCUT2D eigenvalue weighted by atomic mass is 9.96. The molecule has 2 nitrogen and oxygen atoms in total.